The minimum atomic E-state index is -0.864. The molecule has 0 aromatic heterocycles. The molecule has 0 fully saturated rings. The van der Waals surface area contributed by atoms with E-state index in [9.17, 15) is 9.59 Å². The lowest BCUT2D eigenvalue weighted by atomic mass is 9.98. The summed E-state index contributed by atoms with van der Waals surface area (Å²) in [7, 11) is 0. The summed E-state index contributed by atoms with van der Waals surface area (Å²) in [5.41, 5.74) is 3.94. The van der Waals surface area contributed by atoms with Gasteiger partial charge in [-0.15, -0.1) is 6.58 Å². The van der Waals surface area contributed by atoms with Crippen LogP contribution in [0.5, 0.6) is 0 Å². The Kier molecular flexibility index (Phi) is 6.30. The molecule has 5 heteroatoms. The third kappa shape index (κ3) is 4.73. The first-order valence-corrected chi connectivity index (χ1v) is 10.2. The fourth-order valence-corrected chi connectivity index (χ4v) is 3.67. The van der Waals surface area contributed by atoms with Crippen molar-refractivity contribution < 1.29 is 19.1 Å². The minimum Gasteiger partial charge on any atom is -0.458 e. The Morgan fingerprint density at radius 3 is 2.10 bits per heavy atom. The van der Waals surface area contributed by atoms with Gasteiger partial charge in [-0.3, -0.25) is 0 Å². The van der Waals surface area contributed by atoms with Crippen LogP contribution in [-0.2, 0) is 14.3 Å². The highest BCUT2D eigenvalue weighted by Gasteiger charge is 2.32. The van der Waals surface area contributed by atoms with Crippen LogP contribution in [-0.4, -0.2) is 30.3 Å². The lowest BCUT2D eigenvalue weighted by molar-refractivity contribution is -0.158. The third-order valence-corrected chi connectivity index (χ3v) is 5.18. The summed E-state index contributed by atoms with van der Waals surface area (Å²) in [6, 6.07) is 15.4. The molecule has 0 saturated carbocycles. The maximum Gasteiger partial charge on any atom is 0.407 e. The second-order valence-corrected chi connectivity index (χ2v) is 8.58. The van der Waals surface area contributed by atoms with Gasteiger partial charge in [0.2, 0.25) is 0 Å². The number of nitrogens with one attached hydrogen (secondary N) is 1. The molecule has 1 N–H and O–H groups in total. The van der Waals surface area contributed by atoms with Gasteiger partial charge in [0.15, 0.2) is 0 Å². The maximum atomic E-state index is 12.5. The van der Waals surface area contributed by atoms with E-state index in [1.165, 1.54) is 0 Å². The number of carbonyl (C=O) groups is 2. The van der Waals surface area contributed by atoms with Gasteiger partial charge in [-0.05, 0) is 43.0 Å². The molecule has 0 spiro atoms. The molecule has 0 heterocycles. The number of esters is 1. The molecule has 2 aromatic rings. The van der Waals surface area contributed by atoms with Gasteiger partial charge >= 0.3 is 12.1 Å². The number of rotatable bonds is 6. The van der Waals surface area contributed by atoms with Crippen molar-refractivity contribution in [2.24, 2.45) is 5.92 Å². The summed E-state index contributed by atoms with van der Waals surface area (Å²) in [6.45, 7) is 11.1. The smallest absolute Gasteiger partial charge is 0.407 e. The van der Waals surface area contributed by atoms with E-state index < -0.39 is 23.7 Å². The van der Waals surface area contributed by atoms with Gasteiger partial charge in [0.25, 0.3) is 0 Å². The fraction of sp³-hybridized carbons (Fsp3) is 0.360. The Morgan fingerprint density at radius 2 is 1.60 bits per heavy atom. The van der Waals surface area contributed by atoms with Crippen molar-refractivity contribution in [3.8, 4) is 11.1 Å². The Labute approximate surface area is 178 Å². The number of fused-ring (bicyclic) bond motifs is 3. The normalized spacial score (nSPS) is 14.8. The number of benzene rings is 2. The highest BCUT2D eigenvalue weighted by molar-refractivity contribution is 5.82. The molecule has 1 aliphatic rings. The predicted octanol–water partition coefficient (Wildman–Crippen LogP) is 5.06. The van der Waals surface area contributed by atoms with Crippen LogP contribution in [0.15, 0.2) is 61.2 Å². The van der Waals surface area contributed by atoms with Crippen LogP contribution in [0.3, 0.4) is 0 Å². The Morgan fingerprint density at radius 1 is 1.07 bits per heavy atom. The topological polar surface area (TPSA) is 64.6 Å². The van der Waals surface area contributed by atoms with Crippen LogP contribution in [0.1, 0.15) is 44.7 Å². The molecule has 0 saturated heterocycles. The maximum absolute atomic E-state index is 12.5. The molecule has 5 nitrogen and oxygen atoms in total. The van der Waals surface area contributed by atoms with Gasteiger partial charge in [0.1, 0.15) is 18.2 Å². The number of amides is 1. The average molecular weight is 408 g/mol. The van der Waals surface area contributed by atoms with Crippen LogP contribution in [0.2, 0.25) is 0 Å². The fourth-order valence-electron chi connectivity index (χ4n) is 3.67. The number of ether oxygens (including phenoxy) is 2. The second-order valence-electron chi connectivity index (χ2n) is 8.58. The molecule has 158 valence electrons. The Hall–Kier alpha value is -3.08. The van der Waals surface area contributed by atoms with Crippen molar-refractivity contribution in [2.75, 3.05) is 6.61 Å². The van der Waals surface area contributed by atoms with E-state index in [2.05, 4.69) is 36.2 Å². The van der Waals surface area contributed by atoms with E-state index in [1.807, 2.05) is 24.3 Å². The molecule has 3 rings (SSSR count). The zero-order valence-electron chi connectivity index (χ0n) is 18.0. The quantitative estimate of drug-likeness (QED) is 0.537. The van der Waals surface area contributed by atoms with Crippen molar-refractivity contribution in [1.82, 2.24) is 5.32 Å². The second kappa shape index (κ2) is 8.74. The molecule has 0 radical (unpaired) electrons. The molecule has 1 aliphatic carbocycles. The third-order valence-electron chi connectivity index (χ3n) is 5.18. The Bertz CT molecular complexity index is 899. The zero-order chi connectivity index (χ0) is 21.9. The molecule has 1 amide bonds. The highest BCUT2D eigenvalue weighted by Crippen LogP contribution is 2.44. The number of carbonyl (C=O) groups excluding carboxylic acids is 2. The summed E-state index contributed by atoms with van der Waals surface area (Å²) in [4.78, 5) is 25.1. The highest BCUT2D eigenvalue weighted by atomic mass is 16.6. The van der Waals surface area contributed by atoms with Crippen LogP contribution in [0.4, 0.5) is 4.79 Å². The standard InChI is InChI=1S/C25H29NO4/c1-6-16(2)22(23(27)30-25(3,4)5)26-24(28)29-15-21-19-13-9-7-11-17(19)18-12-8-10-14-20(18)21/h6-14,16,21-22H,1,15H2,2-5H3,(H,26,28). The van der Waals surface area contributed by atoms with E-state index in [1.54, 1.807) is 33.8 Å². The summed E-state index contributed by atoms with van der Waals surface area (Å²) in [5.74, 6) is -0.858. The predicted molar refractivity (Wildman–Crippen MR) is 117 cm³/mol. The summed E-state index contributed by atoms with van der Waals surface area (Å²) >= 11 is 0. The summed E-state index contributed by atoms with van der Waals surface area (Å²) < 4.78 is 11.0. The molecule has 2 unspecified atom stereocenters. The van der Waals surface area contributed by atoms with Crippen LogP contribution < -0.4 is 5.32 Å². The number of alkyl carbamates (subject to hydrolysis) is 1. The van der Waals surface area contributed by atoms with Crippen molar-refractivity contribution in [1.29, 1.82) is 0 Å². The van der Waals surface area contributed by atoms with E-state index >= 15 is 0 Å². The van der Waals surface area contributed by atoms with Gasteiger partial charge in [0, 0.05) is 11.8 Å². The lowest BCUT2D eigenvalue weighted by Gasteiger charge is -2.26. The van der Waals surface area contributed by atoms with Gasteiger partial charge in [0.05, 0.1) is 0 Å². The van der Waals surface area contributed by atoms with Crippen LogP contribution >= 0.6 is 0 Å². The van der Waals surface area contributed by atoms with Gasteiger partial charge in [-0.25, -0.2) is 9.59 Å². The summed E-state index contributed by atoms with van der Waals surface area (Å²) in [5, 5.41) is 2.66. The first-order valence-electron chi connectivity index (χ1n) is 10.2. The molecule has 2 aromatic carbocycles. The van der Waals surface area contributed by atoms with Crippen molar-refractivity contribution in [3.63, 3.8) is 0 Å². The molecular weight excluding hydrogens is 378 g/mol. The minimum absolute atomic E-state index is 0.0417. The van der Waals surface area contributed by atoms with Crippen LogP contribution in [0.25, 0.3) is 11.1 Å². The largest absolute Gasteiger partial charge is 0.458 e. The van der Waals surface area contributed by atoms with Crippen molar-refractivity contribution in [2.45, 2.75) is 45.3 Å². The summed E-state index contributed by atoms with van der Waals surface area (Å²) in [6.07, 6.45) is 0.958. The van der Waals surface area contributed by atoms with Crippen LogP contribution in [0, 0.1) is 5.92 Å². The van der Waals surface area contributed by atoms with Crippen molar-refractivity contribution in [3.05, 3.63) is 72.3 Å². The first kappa shape index (κ1) is 21.6. The van der Waals surface area contributed by atoms with E-state index in [0.29, 0.717) is 0 Å². The SMILES string of the molecule is C=CC(C)C(NC(=O)OCC1c2ccccc2-c2ccccc21)C(=O)OC(C)(C)C. The average Bonchev–Trinajstić information content (AvgIpc) is 3.02. The molecule has 0 bridgehead atoms. The number of hydrogen-bond donors (Lipinski definition) is 1. The first-order chi connectivity index (χ1) is 14.2. The van der Waals surface area contributed by atoms with Gasteiger partial charge < -0.3 is 14.8 Å². The Balaban J connectivity index is 1.70. The van der Waals surface area contributed by atoms with E-state index in [4.69, 9.17) is 9.47 Å². The van der Waals surface area contributed by atoms with E-state index in [0.717, 1.165) is 22.3 Å². The van der Waals surface area contributed by atoms with Crippen molar-refractivity contribution >= 4 is 12.1 Å². The lowest BCUT2D eigenvalue weighted by Crippen LogP contribution is -2.47. The van der Waals surface area contributed by atoms with E-state index in [-0.39, 0.29) is 18.4 Å². The molecular formula is C25H29NO4. The van der Waals surface area contributed by atoms with Gasteiger partial charge in [-0.2, -0.15) is 0 Å². The zero-order valence-corrected chi connectivity index (χ0v) is 18.0. The monoisotopic (exact) mass is 407 g/mol. The molecule has 0 aliphatic heterocycles. The number of hydrogen-bond acceptors (Lipinski definition) is 4. The molecule has 2 atom stereocenters. The van der Waals surface area contributed by atoms with Gasteiger partial charge in [-0.1, -0.05) is 61.5 Å². The molecule has 30 heavy (non-hydrogen) atoms.